The third-order valence-corrected chi connectivity index (χ3v) is 7.76. The number of halogens is 4. The summed E-state index contributed by atoms with van der Waals surface area (Å²) in [5.74, 6) is 0.395. The molecule has 0 aliphatic rings. The molecule has 0 unspecified atom stereocenters. The maximum absolute atomic E-state index is 12.3. The number of imide groups is 1. The monoisotopic (exact) mass is 735 g/mol. The minimum Gasteiger partial charge on any atom is -0.274 e. The maximum atomic E-state index is 12.3. The zero-order valence-electron chi connectivity index (χ0n) is 14.9. The van der Waals surface area contributed by atoms with Crippen LogP contribution < -0.4 is 4.90 Å². The van der Waals surface area contributed by atoms with Crippen LogP contribution in [0.3, 0.4) is 0 Å². The largest absolute Gasteiger partial charge is 0.274 e. The standard InChI is InChI=1S/C19H17Br2I2NO2S/c1-4-5-27-19-15(6-12(20)7-16(19)21)14-8-13(22)9-17(23)18(14)24(10(2)25)11(3)26/h6-9H,4-5H2,1-3H3. The van der Waals surface area contributed by atoms with Crippen LogP contribution in [0.1, 0.15) is 27.2 Å². The fourth-order valence-corrected chi connectivity index (χ4v) is 7.23. The number of rotatable bonds is 5. The molecule has 0 aliphatic carbocycles. The second-order valence-corrected chi connectivity index (χ2v) is 11.1. The molecule has 2 aromatic rings. The molecule has 27 heavy (non-hydrogen) atoms. The molecule has 0 spiro atoms. The Balaban J connectivity index is 2.87. The highest BCUT2D eigenvalue weighted by Crippen LogP contribution is 2.45. The number of amides is 2. The van der Waals surface area contributed by atoms with Crippen molar-refractivity contribution < 1.29 is 9.59 Å². The van der Waals surface area contributed by atoms with Crippen LogP contribution in [-0.2, 0) is 9.59 Å². The van der Waals surface area contributed by atoms with E-state index in [1.807, 2.05) is 24.3 Å². The number of benzene rings is 2. The molecule has 2 amide bonds. The summed E-state index contributed by atoms with van der Waals surface area (Å²) in [4.78, 5) is 26.9. The zero-order chi connectivity index (χ0) is 20.3. The molecule has 0 atom stereocenters. The number of carbonyl (C=O) groups is 2. The van der Waals surface area contributed by atoms with E-state index in [1.165, 1.54) is 18.7 Å². The highest BCUT2D eigenvalue weighted by molar-refractivity contribution is 14.1. The molecule has 0 bridgehead atoms. The van der Waals surface area contributed by atoms with E-state index in [1.54, 1.807) is 11.8 Å². The first kappa shape index (κ1) is 23.6. The first-order valence-electron chi connectivity index (χ1n) is 8.09. The van der Waals surface area contributed by atoms with Crippen molar-refractivity contribution in [3.63, 3.8) is 0 Å². The zero-order valence-corrected chi connectivity index (χ0v) is 23.2. The Morgan fingerprint density at radius 3 is 2.22 bits per heavy atom. The van der Waals surface area contributed by atoms with Crippen molar-refractivity contribution in [2.45, 2.75) is 32.1 Å². The Morgan fingerprint density at radius 2 is 1.67 bits per heavy atom. The van der Waals surface area contributed by atoms with Crippen molar-refractivity contribution >= 4 is 106 Å². The molecule has 0 heterocycles. The van der Waals surface area contributed by atoms with Crippen molar-refractivity contribution in [3.8, 4) is 11.1 Å². The minimum atomic E-state index is -0.292. The molecular weight excluding hydrogens is 720 g/mol. The molecule has 144 valence electrons. The van der Waals surface area contributed by atoms with Crippen LogP contribution in [0.5, 0.6) is 0 Å². The highest BCUT2D eigenvalue weighted by Gasteiger charge is 2.25. The first-order chi connectivity index (χ1) is 12.7. The maximum Gasteiger partial charge on any atom is 0.230 e. The van der Waals surface area contributed by atoms with Gasteiger partial charge in [0, 0.05) is 40.4 Å². The molecule has 0 aromatic heterocycles. The van der Waals surface area contributed by atoms with Gasteiger partial charge in [0.05, 0.1) is 5.69 Å². The average molecular weight is 737 g/mol. The van der Waals surface area contributed by atoms with Gasteiger partial charge in [-0.2, -0.15) is 0 Å². The second kappa shape index (κ2) is 10.4. The van der Waals surface area contributed by atoms with Crippen molar-refractivity contribution in [2.75, 3.05) is 10.7 Å². The molecule has 2 aromatic carbocycles. The van der Waals surface area contributed by atoms with Gasteiger partial charge in [0.2, 0.25) is 11.8 Å². The van der Waals surface area contributed by atoms with Gasteiger partial charge in [-0.1, -0.05) is 22.9 Å². The number of hydrogen-bond donors (Lipinski definition) is 0. The van der Waals surface area contributed by atoms with Gasteiger partial charge < -0.3 is 0 Å². The van der Waals surface area contributed by atoms with E-state index >= 15 is 0 Å². The molecule has 0 N–H and O–H groups in total. The predicted molar refractivity (Wildman–Crippen MR) is 138 cm³/mol. The average Bonchev–Trinajstić information content (AvgIpc) is 2.54. The lowest BCUT2D eigenvalue weighted by Crippen LogP contribution is -2.34. The number of hydrogen-bond acceptors (Lipinski definition) is 3. The Labute approximate surface area is 208 Å². The topological polar surface area (TPSA) is 37.4 Å². The van der Waals surface area contributed by atoms with Crippen LogP contribution in [-0.4, -0.2) is 17.6 Å². The highest BCUT2D eigenvalue weighted by atomic mass is 127. The first-order valence-corrected chi connectivity index (χ1v) is 12.8. The molecule has 0 aliphatic heterocycles. The lowest BCUT2D eigenvalue weighted by molar-refractivity contribution is -0.124. The summed E-state index contributed by atoms with van der Waals surface area (Å²) >= 11 is 13.5. The molecule has 0 radical (unpaired) electrons. The van der Waals surface area contributed by atoms with Gasteiger partial charge in [0.1, 0.15) is 0 Å². The SMILES string of the molecule is CCCSc1c(Br)cc(Br)cc1-c1cc(I)cc(I)c1N(C(C)=O)C(C)=O. The fourth-order valence-electron chi connectivity index (χ4n) is 2.65. The lowest BCUT2D eigenvalue weighted by Gasteiger charge is -2.24. The van der Waals surface area contributed by atoms with E-state index in [-0.39, 0.29) is 11.8 Å². The van der Waals surface area contributed by atoms with Gasteiger partial charge >= 0.3 is 0 Å². The van der Waals surface area contributed by atoms with E-state index < -0.39 is 0 Å². The summed E-state index contributed by atoms with van der Waals surface area (Å²) in [5.41, 5.74) is 2.50. The normalized spacial score (nSPS) is 10.8. The number of anilines is 1. The quantitative estimate of drug-likeness (QED) is 0.236. The number of nitrogens with zero attached hydrogens (tertiary/aromatic N) is 1. The molecule has 0 fully saturated rings. The molecule has 3 nitrogen and oxygen atoms in total. The van der Waals surface area contributed by atoms with Crippen LogP contribution in [0.15, 0.2) is 38.1 Å². The summed E-state index contributed by atoms with van der Waals surface area (Å²) in [5, 5.41) is 0. The summed E-state index contributed by atoms with van der Waals surface area (Å²) < 4.78 is 3.83. The van der Waals surface area contributed by atoms with Crippen molar-refractivity contribution in [3.05, 3.63) is 40.4 Å². The van der Waals surface area contributed by atoms with Gasteiger partial charge in [0.15, 0.2) is 0 Å². The van der Waals surface area contributed by atoms with Crippen molar-refractivity contribution in [1.29, 1.82) is 0 Å². The third kappa shape index (κ3) is 5.70. The summed E-state index contributed by atoms with van der Waals surface area (Å²) in [6, 6.07) is 8.08. The van der Waals surface area contributed by atoms with E-state index in [0.29, 0.717) is 5.69 Å². The van der Waals surface area contributed by atoms with Gasteiger partial charge in [-0.25, -0.2) is 4.90 Å². The van der Waals surface area contributed by atoms with Gasteiger partial charge in [-0.05, 0) is 103 Å². The molecule has 0 saturated heterocycles. The van der Waals surface area contributed by atoms with E-state index in [4.69, 9.17) is 0 Å². The Hall–Kier alpha value is 0.350. The van der Waals surface area contributed by atoms with E-state index in [2.05, 4.69) is 84.0 Å². The Morgan fingerprint density at radius 1 is 1.04 bits per heavy atom. The number of thioether (sulfide) groups is 1. The van der Waals surface area contributed by atoms with Gasteiger partial charge in [-0.15, -0.1) is 11.8 Å². The van der Waals surface area contributed by atoms with E-state index in [9.17, 15) is 9.59 Å². The van der Waals surface area contributed by atoms with Crippen LogP contribution in [0, 0.1) is 7.14 Å². The van der Waals surface area contributed by atoms with Gasteiger partial charge in [0.25, 0.3) is 0 Å². The smallest absolute Gasteiger partial charge is 0.230 e. The lowest BCUT2D eigenvalue weighted by atomic mass is 10.0. The summed E-state index contributed by atoms with van der Waals surface area (Å²) in [6.45, 7) is 4.98. The van der Waals surface area contributed by atoms with Gasteiger partial charge in [-0.3, -0.25) is 9.59 Å². The van der Waals surface area contributed by atoms with Crippen molar-refractivity contribution in [2.24, 2.45) is 0 Å². The van der Waals surface area contributed by atoms with Crippen molar-refractivity contribution in [1.82, 2.24) is 0 Å². The minimum absolute atomic E-state index is 0.292. The third-order valence-electron chi connectivity index (χ3n) is 3.63. The summed E-state index contributed by atoms with van der Waals surface area (Å²) in [6.07, 6.45) is 1.05. The molecule has 0 saturated carbocycles. The van der Waals surface area contributed by atoms with E-state index in [0.717, 1.165) is 44.3 Å². The molecule has 2 rings (SSSR count). The fraction of sp³-hybridized carbons (Fsp3) is 0.263. The predicted octanol–water partition coefficient (Wildman–Crippen LogP) is 7.49. The van der Waals surface area contributed by atoms with Crippen LogP contribution in [0.4, 0.5) is 5.69 Å². The molecule has 8 heteroatoms. The van der Waals surface area contributed by atoms with Crippen LogP contribution in [0.25, 0.3) is 11.1 Å². The molecular formula is C19H17Br2I2NO2S. The Bertz CT molecular complexity index is 892. The van der Waals surface area contributed by atoms with Crippen LogP contribution in [0.2, 0.25) is 0 Å². The second-order valence-electron chi connectivity index (χ2n) is 5.77. The van der Waals surface area contributed by atoms with Crippen LogP contribution >= 0.6 is 88.8 Å². The number of carbonyl (C=O) groups excluding carboxylic acids is 2. The summed E-state index contributed by atoms with van der Waals surface area (Å²) in [7, 11) is 0. The Kier molecular flexibility index (Phi) is 9.10.